The molecule has 1 aromatic heterocycles. The zero-order valence-corrected chi connectivity index (χ0v) is 12.8. The molecule has 2 aromatic rings. The van der Waals surface area contributed by atoms with E-state index >= 15 is 0 Å². The van der Waals surface area contributed by atoms with Crippen molar-refractivity contribution in [3.05, 3.63) is 53.2 Å². The van der Waals surface area contributed by atoms with Crippen LogP contribution in [-0.2, 0) is 4.79 Å². The number of hydrogen-bond acceptors (Lipinski definition) is 3. The van der Waals surface area contributed by atoms with E-state index < -0.39 is 0 Å². The van der Waals surface area contributed by atoms with E-state index in [1.165, 1.54) is 0 Å². The zero-order chi connectivity index (χ0) is 15.4. The number of carbonyl (C=O) groups is 1. The van der Waals surface area contributed by atoms with E-state index in [0.29, 0.717) is 16.5 Å². The van der Waals surface area contributed by atoms with Gasteiger partial charge in [-0.15, -0.1) is 0 Å². The minimum atomic E-state index is -0.277. The summed E-state index contributed by atoms with van der Waals surface area (Å²) in [6, 6.07) is 10.8. The van der Waals surface area contributed by atoms with Crippen LogP contribution in [-0.4, -0.2) is 10.9 Å². The molecule has 1 heterocycles. The van der Waals surface area contributed by atoms with Crippen molar-refractivity contribution in [2.24, 2.45) is 5.92 Å². The molecule has 0 saturated heterocycles. The number of nitrogens with two attached hydrogens (primary N) is 1. The third kappa shape index (κ3) is 3.95. The molecule has 1 atom stereocenters. The Hall–Kier alpha value is -2.07. The summed E-state index contributed by atoms with van der Waals surface area (Å²) in [7, 11) is 0. The van der Waals surface area contributed by atoms with E-state index in [2.05, 4.69) is 10.3 Å². The van der Waals surface area contributed by atoms with Crippen molar-refractivity contribution >= 4 is 29.0 Å². The minimum absolute atomic E-state index is 0.0844. The maximum Gasteiger partial charge on any atom is 0.232 e. The van der Waals surface area contributed by atoms with Gasteiger partial charge in [0.15, 0.2) is 0 Å². The second kappa shape index (κ2) is 6.59. The fraction of sp³-hybridized carbons (Fsp3) is 0.250. The first-order valence-corrected chi connectivity index (χ1v) is 7.13. The lowest BCUT2D eigenvalue weighted by Gasteiger charge is -2.21. The fourth-order valence-corrected chi connectivity index (χ4v) is 2.44. The van der Waals surface area contributed by atoms with Crippen molar-refractivity contribution in [1.82, 2.24) is 4.98 Å². The van der Waals surface area contributed by atoms with Crippen LogP contribution in [0.25, 0.3) is 0 Å². The van der Waals surface area contributed by atoms with Gasteiger partial charge in [-0.1, -0.05) is 37.6 Å². The monoisotopic (exact) mass is 303 g/mol. The largest absolute Gasteiger partial charge is 0.384 e. The molecule has 0 aliphatic rings. The lowest BCUT2D eigenvalue weighted by molar-refractivity contribution is -0.118. The number of nitrogens with one attached hydrogen (secondary N) is 1. The average molecular weight is 304 g/mol. The number of carbonyl (C=O) groups excluding carboxylic acids is 1. The number of halogens is 1. The second-order valence-corrected chi connectivity index (χ2v) is 5.67. The number of nitrogen functional groups attached to an aromatic ring is 1. The summed E-state index contributed by atoms with van der Waals surface area (Å²) in [5.41, 5.74) is 7.06. The Kier molecular flexibility index (Phi) is 4.81. The number of nitrogens with zero attached hydrogens (tertiary/aromatic N) is 1. The van der Waals surface area contributed by atoms with Gasteiger partial charge in [-0.25, -0.2) is 4.98 Å². The van der Waals surface area contributed by atoms with E-state index in [9.17, 15) is 4.79 Å². The summed E-state index contributed by atoms with van der Waals surface area (Å²) in [4.78, 5) is 16.5. The molecular formula is C16H18ClN3O. The van der Waals surface area contributed by atoms with Crippen molar-refractivity contribution in [2.45, 2.75) is 19.8 Å². The van der Waals surface area contributed by atoms with Gasteiger partial charge in [0.05, 0.1) is 17.8 Å². The highest BCUT2D eigenvalue weighted by atomic mass is 35.5. The average Bonchev–Trinajstić information content (AvgIpc) is 2.41. The smallest absolute Gasteiger partial charge is 0.232 e. The Morgan fingerprint density at radius 3 is 2.62 bits per heavy atom. The van der Waals surface area contributed by atoms with Crippen LogP contribution in [0.15, 0.2) is 42.6 Å². The number of hydrogen-bond donors (Lipinski definition) is 2. The Morgan fingerprint density at radius 1 is 1.29 bits per heavy atom. The van der Waals surface area contributed by atoms with E-state index in [0.717, 1.165) is 5.56 Å². The van der Waals surface area contributed by atoms with Crippen LogP contribution in [0.2, 0.25) is 5.02 Å². The molecule has 1 aromatic carbocycles. The highest BCUT2D eigenvalue weighted by molar-refractivity contribution is 6.30. The van der Waals surface area contributed by atoms with Crippen LogP contribution in [0.1, 0.15) is 25.3 Å². The molecule has 0 radical (unpaired) electrons. The minimum Gasteiger partial charge on any atom is -0.384 e. The maximum atomic E-state index is 12.5. The fourth-order valence-electron chi connectivity index (χ4n) is 2.24. The Bertz CT molecular complexity index is 626. The first kappa shape index (κ1) is 15.3. The molecule has 0 bridgehead atoms. The van der Waals surface area contributed by atoms with Gasteiger partial charge in [-0.3, -0.25) is 4.79 Å². The molecule has 0 fully saturated rings. The van der Waals surface area contributed by atoms with Crippen LogP contribution in [0.4, 0.5) is 11.5 Å². The summed E-state index contributed by atoms with van der Waals surface area (Å²) in [6.45, 7) is 4.01. The number of aromatic nitrogens is 1. The normalized spacial score (nSPS) is 12.2. The topological polar surface area (TPSA) is 68.0 Å². The van der Waals surface area contributed by atoms with Crippen molar-refractivity contribution in [3.8, 4) is 0 Å². The van der Waals surface area contributed by atoms with Crippen molar-refractivity contribution < 1.29 is 4.79 Å². The van der Waals surface area contributed by atoms with Gasteiger partial charge in [0.1, 0.15) is 5.82 Å². The van der Waals surface area contributed by atoms with Gasteiger partial charge in [-0.05, 0) is 35.7 Å². The van der Waals surface area contributed by atoms with Crippen molar-refractivity contribution in [3.63, 3.8) is 0 Å². The molecule has 110 valence electrons. The molecular weight excluding hydrogens is 286 g/mol. The number of amides is 1. The van der Waals surface area contributed by atoms with Crippen LogP contribution >= 0.6 is 11.6 Å². The molecule has 0 aliphatic carbocycles. The van der Waals surface area contributed by atoms with E-state index in [1.54, 1.807) is 24.4 Å². The first-order chi connectivity index (χ1) is 9.97. The molecule has 21 heavy (non-hydrogen) atoms. The highest BCUT2D eigenvalue weighted by Gasteiger charge is 2.24. The van der Waals surface area contributed by atoms with Gasteiger partial charge in [0.25, 0.3) is 0 Å². The van der Waals surface area contributed by atoms with E-state index in [-0.39, 0.29) is 17.7 Å². The lowest BCUT2D eigenvalue weighted by atomic mass is 9.87. The van der Waals surface area contributed by atoms with Crippen LogP contribution in [0, 0.1) is 5.92 Å². The summed E-state index contributed by atoms with van der Waals surface area (Å²) >= 11 is 6.02. The van der Waals surface area contributed by atoms with E-state index in [1.807, 2.05) is 32.0 Å². The molecule has 1 unspecified atom stereocenters. The predicted octanol–water partition coefficient (Wildman–Crippen LogP) is 3.70. The zero-order valence-electron chi connectivity index (χ0n) is 12.0. The predicted molar refractivity (Wildman–Crippen MR) is 86.3 cm³/mol. The summed E-state index contributed by atoms with van der Waals surface area (Å²) < 4.78 is 0. The molecule has 4 nitrogen and oxygen atoms in total. The lowest BCUT2D eigenvalue weighted by Crippen LogP contribution is -2.25. The first-order valence-electron chi connectivity index (χ1n) is 6.75. The standard InChI is InChI=1S/C16H18ClN3O/c1-10(2)15(11-4-3-5-12(17)8-11)16(21)20-13-6-7-14(18)19-9-13/h3-10,15H,1-2H3,(H2,18,19)(H,20,21). The van der Waals surface area contributed by atoms with Crippen molar-refractivity contribution in [1.29, 1.82) is 0 Å². The quantitative estimate of drug-likeness (QED) is 0.905. The van der Waals surface area contributed by atoms with Gasteiger partial charge in [0.2, 0.25) is 5.91 Å². The summed E-state index contributed by atoms with van der Waals surface area (Å²) in [5.74, 6) is 0.202. The Balaban J connectivity index is 2.22. The van der Waals surface area contributed by atoms with Gasteiger partial charge >= 0.3 is 0 Å². The van der Waals surface area contributed by atoms with Gasteiger partial charge in [0, 0.05) is 5.02 Å². The third-order valence-corrected chi connectivity index (χ3v) is 3.45. The molecule has 2 rings (SSSR count). The number of rotatable bonds is 4. The highest BCUT2D eigenvalue weighted by Crippen LogP contribution is 2.28. The molecule has 3 N–H and O–H groups in total. The summed E-state index contributed by atoms with van der Waals surface area (Å²) in [5, 5.41) is 3.49. The Morgan fingerprint density at radius 2 is 2.05 bits per heavy atom. The van der Waals surface area contributed by atoms with Crippen LogP contribution in [0.5, 0.6) is 0 Å². The van der Waals surface area contributed by atoms with E-state index in [4.69, 9.17) is 17.3 Å². The molecule has 5 heteroatoms. The number of anilines is 2. The Labute approximate surface area is 129 Å². The van der Waals surface area contributed by atoms with Crippen LogP contribution < -0.4 is 11.1 Å². The van der Waals surface area contributed by atoms with Crippen LogP contribution in [0.3, 0.4) is 0 Å². The third-order valence-electron chi connectivity index (χ3n) is 3.21. The molecule has 1 amide bonds. The SMILES string of the molecule is CC(C)C(C(=O)Nc1ccc(N)nc1)c1cccc(Cl)c1. The number of benzene rings is 1. The number of pyridine rings is 1. The molecule has 0 spiro atoms. The molecule has 0 aliphatic heterocycles. The second-order valence-electron chi connectivity index (χ2n) is 5.24. The molecule has 0 saturated carbocycles. The van der Waals surface area contributed by atoms with Gasteiger partial charge < -0.3 is 11.1 Å². The maximum absolute atomic E-state index is 12.5. The van der Waals surface area contributed by atoms with Gasteiger partial charge in [-0.2, -0.15) is 0 Å². The summed E-state index contributed by atoms with van der Waals surface area (Å²) in [6.07, 6.45) is 1.54. The van der Waals surface area contributed by atoms with Crippen molar-refractivity contribution in [2.75, 3.05) is 11.1 Å².